The van der Waals surface area contributed by atoms with Crippen molar-refractivity contribution in [3.8, 4) is 11.4 Å². The van der Waals surface area contributed by atoms with Crippen molar-refractivity contribution in [1.82, 2.24) is 9.97 Å². The van der Waals surface area contributed by atoms with Crippen molar-refractivity contribution in [2.45, 2.75) is 5.88 Å². The van der Waals surface area contributed by atoms with Crippen LogP contribution in [0, 0.1) is 11.6 Å². The molecule has 0 saturated carbocycles. The van der Waals surface area contributed by atoms with Crippen LogP contribution in [0.1, 0.15) is 5.56 Å². The Bertz CT molecular complexity index is 696. The van der Waals surface area contributed by atoms with Gasteiger partial charge in [0, 0.05) is 23.6 Å². The standard InChI is InChI=1S/C14H9ClF2N2/c15-7-8-1-3-9(4-2-8)14-18-12-5-10(16)11(17)6-13(12)19-14/h1-6H,7H2,(H,18,19). The summed E-state index contributed by atoms with van der Waals surface area (Å²) in [5.41, 5.74) is 2.70. The van der Waals surface area contributed by atoms with Gasteiger partial charge in [0.1, 0.15) is 5.82 Å². The minimum absolute atomic E-state index is 0.398. The maximum absolute atomic E-state index is 13.1. The van der Waals surface area contributed by atoms with Crippen LogP contribution >= 0.6 is 11.6 Å². The van der Waals surface area contributed by atoms with Crippen molar-refractivity contribution < 1.29 is 8.78 Å². The molecule has 0 radical (unpaired) electrons. The minimum atomic E-state index is -0.900. The van der Waals surface area contributed by atoms with Gasteiger partial charge < -0.3 is 4.98 Å². The largest absolute Gasteiger partial charge is 0.338 e. The fourth-order valence-corrected chi connectivity index (χ4v) is 2.07. The molecule has 0 amide bonds. The minimum Gasteiger partial charge on any atom is -0.338 e. The zero-order valence-electron chi connectivity index (χ0n) is 9.75. The first-order chi connectivity index (χ1) is 9.17. The summed E-state index contributed by atoms with van der Waals surface area (Å²) in [5.74, 6) is -0.777. The molecule has 2 nitrogen and oxygen atoms in total. The van der Waals surface area contributed by atoms with E-state index in [0.717, 1.165) is 23.3 Å². The normalized spacial score (nSPS) is 11.1. The van der Waals surface area contributed by atoms with Gasteiger partial charge in [0.05, 0.1) is 11.0 Å². The number of alkyl halides is 1. The van der Waals surface area contributed by atoms with Crippen molar-refractivity contribution in [2.24, 2.45) is 0 Å². The summed E-state index contributed by atoms with van der Waals surface area (Å²) in [6.07, 6.45) is 0. The molecule has 0 aliphatic carbocycles. The van der Waals surface area contributed by atoms with Gasteiger partial charge in [-0.25, -0.2) is 13.8 Å². The third-order valence-electron chi connectivity index (χ3n) is 2.91. The quantitative estimate of drug-likeness (QED) is 0.698. The molecule has 1 aromatic heterocycles. The molecule has 19 heavy (non-hydrogen) atoms. The highest BCUT2D eigenvalue weighted by atomic mass is 35.5. The number of aromatic amines is 1. The maximum atomic E-state index is 13.1. The van der Waals surface area contributed by atoms with Gasteiger partial charge in [-0.1, -0.05) is 24.3 Å². The molecule has 0 spiro atoms. The van der Waals surface area contributed by atoms with Crippen LogP contribution in [0.15, 0.2) is 36.4 Å². The lowest BCUT2D eigenvalue weighted by Gasteiger charge is -1.98. The number of rotatable bonds is 2. The molecular weight excluding hydrogens is 270 g/mol. The van der Waals surface area contributed by atoms with Crippen LogP contribution in [0.5, 0.6) is 0 Å². The highest BCUT2D eigenvalue weighted by Crippen LogP contribution is 2.23. The first kappa shape index (κ1) is 12.1. The SMILES string of the molecule is Fc1cc2nc(-c3ccc(CCl)cc3)[nH]c2cc1F. The van der Waals surface area contributed by atoms with Crippen LogP contribution < -0.4 is 0 Å². The van der Waals surface area contributed by atoms with E-state index in [-0.39, 0.29) is 0 Å². The van der Waals surface area contributed by atoms with E-state index in [1.165, 1.54) is 0 Å². The Hall–Kier alpha value is -1.94. The smallest absolute Gasteiger partial charge is 0.161 e. The summed E-state index contributed by atoms with van der Waals surface area (Å²) in [5, 5.41) is 0. The molecule has 0 saturated heterocycles. The lowest BCUT2D eigenvalue weighted by Crippen LogP contribution is -1.82. The molecule has 5 heteroatoms. The first-order valence-corrected chi connectivity index (χ1v) is 6.21. The van der Waals surface area contributed by atoms with Gasteiger partial charge in [0.2, 0.25) is 0 Å². The second-order valence-corrected chi connectivity index (χ2v) is 4.47. The fraction of sp³-hybridized carbons (Fsp3) is 0.0714. The number of H-pyrrole nitrogens is 1. The zero-order valence-corrected chi connectivity index (χ0v) is 10.5. The van der Waals surface area contributed by atoms with E-state index in [4.69, 9.17) is 11.6 Å². The maximum Gasteiger partial charge on any atom is 0.161 e. The molecule has 3 aromatic rings. The van der Waals surface area contributed by atoms with Crippen molar-refractivity contribution in [3.63, 3.8) is 0 Å². The third kappa shape index (κ3) is 2.19. The first-order valence-electron chi connectivity index (χ1n) is 5.67. The molecule has 1 N–H and O–H groups in total. The van der Waals surface area contributed by atoms with Gasteiger partial charge in [0.15, 0.2) is 11.6 Å². The van der Waals surface area contributed by atoms with Crippen LogP contribution in [-0.4, -0.2) is 9.97 Å². The second kappa shape index (κ2) is 4.63. The van der Waals surface area contributed by atoms with Crippen LogP contribution in [0.4, 0.5) is 8.78 Å². The highest BCUT2D eigenvalue weighted by molar-refractivity contribution is 6.17. The number of benzene rings is 2. The summed E-state index contributed by atoms with van der Waals surface area (Å²) >= 11 is 5.72. The van der Waals surface area contributed by atoms with Gasteiger partial charge in [0.25, 0.3) is 0 Å². The molecule has 0 atom stereocenters. The Balaban J connectivity index is 2.09. The monoisotopic (exact) mass is 278 g/mol. The lowest BCUT2D eigenvalue weighted by atomic mass is 10.1. The Morgan fingerprint density at radius 1 is 1.05 bits per heavy atom. The van der Waals surface area contributed by atoms with Crippen molar-refractivity contribution >= 4 is 22.6 Å². The molecule has 0 fully saturated rings. The molecule has 3 rings (SSSR count). The Morgan fingerprint density at radius 3 is 2.42 bits per heavy atom. The predicted octanol–water partition coefficient (Wildman–Crippen LogP) is 4.25. The number of hydrogen-bond acceptors (Lipinski definition) is 1. The van der Waals surface area contributed by atoms with E-state index >= 15 is 0 Å². The summed E-state index contributed by atoms with van der Waals surface area (Å²) in [7, 11) is 0. The summed E-state index contributed by atoms with van der Waals surface area (Å²) in [6, 6.07) is 9.68. The predicted molar refractivity (Wildman–Crippen MR) is 71.0 cm³/mol. The zero-order chi connectivity index (χ0) is 13.4. The average Bonchev–Trinajstić information content (AvgIpc) is 2.82. The Kier molecular flexibility index (Phi) is 2.95. The van der Waals surface area contributed by atoms with Crippen LogP contribution in [0.25, 0.3) is 22.4 Å². The molecule has 1 heterocycles. The second-order valence-electron chi connectivity index (χ2n) is 4.20. The number of nitrogens with zero attached hydrogens (tertiary/aromatic N) is 1. The molecule has 0 bridgehead atoms. The van der Waals surface area contributed by atoms with Gasteiger partial charge in [-0.15, -0.1) is 11.6 Å². The van der Waals surface area contributed by atoms with E-state index in [9.17, 15) is 8.78 Å². The fourth-order valence-electron chi connectivity index (χ4n) is 1.89. The van der Waals surface area contributed by atoms with Gasteiger partial charge in [-0.3, -0.25) is 0 Å². The Labute approximate surface area is 113 Å². The number of halogens is 3. The van der Waals surface area contributed by atoms with Crippen LogP contribution in [0.2, 0.25) is 0 Å². The number of hydrogen-bond donors (Lipinski definition) is 1. The highest BCUT2D eigenvalue weighted by Gasteiger charge is 2.09. The summed E-state index contributed by atoms with van der Waals surface area (Å²) < 4.78 is 26.2. The van der Waals surface area contributed by atoms with Crippen molar-refractivity contribution in [3.05, 3.63) is 53.6 Å². The molecular formula is C14H9ClF2N2. The number of aromatic nitrogens is 2. The number of fused-ring (bicyclic) bond motifs is 1. The van der Waals surface area contributed by atoms with Crippen LogP contribution in [-0.2, 0) is 5.88 Å². The topological polar surface area (TPSA) is 28.7 Å². The van der Waals surface area contributed by atoms with Crippen molar-refractivity contribution in [1.29, 1.82) is 0 Å². The molecule has 0 aliphatic rings. The van der Waals surface area contributed by atoms with E-state index in [2.05, 4.69) is 9.97 Å². The molecule has 2 aromatic carbocycles. The van der Waals surface area contributed by atoms with E-state index < -0.39 is 11.6 Å². The molecule has 0 unspecified atom stereocenters. The van der Waals surface area contributed by atoms with E-state index in [1.807, 2.05) is 24.3 Å². The third-order valence-corrected chi connectivity index (χ3v) is 3.21. The van der Waals surface area contributed by atoms with Gasteiger partial charge in [-0.05, 0) is 5.56 Å². The number of nitrogens with one attached hydrogen (secondary N) is 1. The van der Waals surface area contributed by atoms with Crippen LogP contribution in [0.3, 0.4) is 0 Å². The van der Waals surface area contributed by atoms with E-state index in [1.54, 1.807) is 0 Å². The van der Waals surface area contributed by atoms with Gasteiger partial charge >= 0.3 is 0 Å². The van der Waals surface area contributed by atoms with Gasteiger partial charge in [-0.2, -0.15) is 0 Å². The molecule has 96 valence electrons. The number of imidazole rings is 1. The Morgan fingerprint density at radius 2 is 1.74 bits per heavy atom. The summed E-state index contributed by atoms with van der Waals surface area (Å²) in [6.45, 7) is 0. The average molecular weight is 279 g/mol. The van der Waals surface area contributed by atoms with E-state index in [0.29, 0.717) is 22.7 Å². The summed E-state index contributed by atoms with van der Waals surface area (Å²) in [4.78, 5) is 7.21. The molecule has 0 aliphatic heterocycles. The lowest BCUT2D eigenvalue weighted by molar-refractivity contribution is 0.510. The van der Waals surface area contributed by atoms with Crippen molar-refractivity contribution in [2.75, 3.05) is 0 Å².